The Kier molecular flexibility index (Phi) is 2.23. The molecule has 0 spiro atoms. The van der Waals surface area contributed by atoms with Crippen molar-refractivity contribution < 1.29 is 5.11 Å². The summed E-state index contributed by atoms with van der Waals surface area (Å²) in [4.78, 5) is 4.21. The Bertz CT molecular complexity index is 693. The molecule has 4 nitrogen and oxygen atoms in total. The second-order valence-electron chi connectivity index (χ2n) is 3.59. The Labute approximate surface area is 102 Å². The molecule has 2 heterocycles. The minimum absolute atomic E-state index is 0.191. The van der Waals surface area contributed by atoms with E-state index >= 15 is 0 Å². The van der Waals surface area contributed by atoms with Crippen molar-refractivity contribution in [1.29, 1.82) is 0 Å². The summed E-state index contributed by atoms with van der Waals surface area (Å²) >= 11 is 5.85. The van der Waals surface area contributed by atoms with Crippen LogP contribution in [0.15, 0.2) is 42.6 Å². The van der Waals surface area contributed by atoms with E-state index in [4.69, 9.17) is 11.6 Å². The highest BCUT2D eigenvalue weighted by molar-refractivity contribution is 6.29. The number of aromatic hydroxyl groups is 1. The summed E-state index contributed by atoms with van der Waals surface area (Å²) in [6.07, 6.45) is 1.66. The Hall–Kier alpha value is -2.07. The number of halogens is 1. The lowest BCUT2D eigenvalue weighted by molar-refractivity contribution is 0.477. The Balaban J connectivity index is 2.31. The summed E-state index contributed by atoms with van der Waals surface area (Å²) in [6.45, 7) is 0. The first-order valence-electron chi connectivity index (χ1n) is 5.04. The van der Waals surface area contributed by atoms with Crippen LogP contribution >= 0.6 is 11.6 Å². The molecule has 1 N–H and O–H groups in total. The normalized spacial score (nSPS) is 10.9. The topological polar surface area (TPSA) is 50.4 Å². The Morgan fingerprint density at radius 1 is 1.12 bits per heavy atom. The molecule has 0 atom stereocenters. The third-order valence-electron chi connectivity index (χ3n) is 2.51. The van der Waals surface area contributed by atoms with Crippen LogP contribution in [-0.4, -0.2) is 19.7 Å². The SMILES string of the molecule is Oc1ccccc1-c1cnc2ccc(Cl)nn12. The lowest BCUT2D eigenvalue weighted by Crippen LogP contribution is -1.94. The number of para-hydroxylation sites is 1. The van der Waals surface area contributed by atoms with Crippen molar-refractivity contribution in [3.63, 3.8) is 0 Å². The van der Waals surface area contributed by atoms with Gasteiger partial charge in [0.15, 0.2) is 5.65 Å². The molecular weight excluding hydrogens is 238 g/mol. The van der Waals surface area contributed by atoms with Crippen molar-refractivity contribution in [2.45, 2.75) is 0 Å². The summed E-state index contributed by atoms with van der Waals surface area (Å²) < 4.78 is 1.61. The monoisotopic (exact) mass is 245 g/mol. The van der Waals surface area contributed by atoms with Gasteiger partial charge in [-0.2, -0.15) is 5.10 Å². The van der Waals surface area contributed by atoms with Crippen molar-refractivity contribution in [2.75, 3.05) is 0 Å². The molecule has 0 saturated carbocycles. The van der Waals surface area contributed by atoms with Crippen molar-refractivity contribution in [1.82, 2.24) is 14.6 Å². The van der Waals surface area contributed by atoms with Gasteiger partial charge < -0.3 is 5.11 Å². The molecule has 3 aromatic rings. The molecule has 0 unspecified atom stereocenters. The highest BCUT2D eigenvalue weighted by Crippen LogP contribution is 2.28. The van der Waals surface area contributed by atoms with Crippen LogP contribution < -0.4 is 0 Å². The van der Waals surface area contributed by atoms with Crippen LogP contribution in [0, 0.1) is 0 Å². The van der Waals surface area contributed by atoms with Crippen LogP contribution in [0.5, 0.6) is 5.75 Å². The van der Waals surface area contributed by atoms with Gasteiger partial charge >= 0.3 is 0 Å². The first kappa shape index (κ1) is 10.1. The molecule has 0 amide bonds. The molecule has 0 saturated heterocycles. The number of rotatable bonds is 1. The first-order chi connectivity index (χ1) is 8.25. The largest absolute Gasteiger partial charge is 0.507 e. The predicted octanol–water partition coefficient (Wildman–Crippen LogP) is 2.76. The van der Waals surface area contributed by atoms with Gasteiger partial charge in [-0.1, -0.05) is 23.7 Å². The predicted molar refractivity (Wildman–Crippen MR) is 65.1 cm³/mol. The van der Waals surface area contributed by atoms with E-state index < -0.39 is 0 Å². The number of benzene rings is 1. The van der Waals surface area contributed by atoms with Gasteiger partial charge in [-0.15, -0.1) is 0 Å². The van der Waals surface area contributed by atoms with Gasteiger partial charge in [0.05, 0.1) is 11.9 Å². The highest BCUT2D eigenvalue weighted by atomic mass is 35.5. The van der Waals surface area contributed by atoms with E-state index in [-0.39, 0.29) is 5.75 Å². The third kappa shape index (κ3) is 1.62. The smallest absolute Gasteiger partial charge is 0.154 e. The molecule has 0 aliphatic heterocycles. The summed E-state index contributed by atoms with van der Waals surface area (Å²) in [7, 11) is 0. The number of phenols is 1. The fraction of sp³-hybridized carbons (Fsp3) is 0. The summed E-state index contributed by atoms with van der Waals surface area (Å²) in [5, 5.41) is 14.4. The Morgan fingerprint density at radius 2 is 1.94 bits per heavy atom. The van der Waals surface area contributed by atoms with Gasteiger partial charge in [0.2, 0.25) is 0 Å². The van der Waals surface area contributed by atoms with Gasteiger partial charge in [0, 0.05) is 5.56 Å². The van der Waals surface area contributed by atoms with Crippen LogP contribution in [0.3, 0.4) is 0 Å². The summed E-state index contributed by atoms with van der Waals surface area (Å²) in [5.41, 5.74) is 2.07. The zero-order valence-electron chi connectivity index (χ0n) is 8.71. The zero-order valence-corrected chi connectivity index (χ0v) is 9.46. The van der Waals surface area contributed by atoms with Crippen LogP contribution in [0.25, 0.3) is 16.9 Å². The summed E-state index contributed by atoms with van der Waals surface area (Å²) in [5.74, 6) is 0.191. The fourth-order valence-electron chi connectivity index (χ4n) is 1.72. The van der Waals surface area contributed by atoms with E-state index in [1.165, 1.54) is 0 Å². The number of phenolic OH excluding ortho intramolecular Hbond substituents is 1. The molecule has 3 rings (SSSR count). The molecule has 0 radical (unpaired) electrons. The molecule has 17 heavy (non-hydrogen) atoms. The second-order valence-corrected chi connectivity index (χ2v) is 3.97. The molecule has 0 bridgehead atoms. The number of nitrogens with zero attached hydrogens (tertiary/aromatic N) is 3. The molecule has 2 aromatic heterocycles. The average molecular weight is 246 g/mol. The lowest BCUT2D eigenvalue weighted by atomic mass is 10.1. The zero-order chi connectivity index (χ0) is 11.8. The van der Waals surface area contributed by atoms with Crippen molar-refractivity contribution in [2.24, 2.45) is 0 Å². The number of hydrogen-bond acceptors (Lipinski definition) is 3. The molecule has 84 valence electrons. The maximum atomic E-state index is 9.81. The minimum Gasteiger partial charge on any atom is -0.507 e. The van der Waals surface area contributed by atoms with Gasteiger partial charge in [0.1, 0.15) is 10.9 Å². The second kappa shape index (κ2) is 3.75. The van der Waals surface area contributed by atoms with E-state index in [1.807, 2.05) is 6.07 Å². The molecule has 0 fully saturated rings. The maximum Gasteiger partial charge on any atom is 0.154 e. The van der Waals surface area contributed by atoms with E-state index in [0.717, 1.165) is 0 Å². The van der Waals surface area contributed by atoms with Crippen LogP contribution in [0.1, 0.15) is 0 Å². The van der Waals surface area contributed by atoms with Crippen molar-refractivity contribution >= 4 is 17.2 Å². The standard InChI is InChI=1S/C12H8ClN3O/c13-11-5-6-12-14-7-9(16(12)15-11)8-3-1-2-4-10(8)17/h1-7,17H. The molecular formula is C12H8ClN3O. The van der Waals surface area contributed by atoms with Gasteiger partial charge in [-0.05, 0) is 24.3 Å². The van der Waals surface area contributed by atoms with E-state index in [1.54, 1.807) is 41.0 Å². The van der Waals surface area contributed by atoms with Crippen molar-refractivity contribution in [3.05, 3.63) is 47.7 Å². The number of hydrogen-bond donors (Lipinski definition) is 1. The van der Waals surface area contributed by atoms with E-state index in [0.29, 0.717) is 22.1 Å². The van der Waals surface area contributed by atoms with E-state index in [9.17, 15) is 5.11 Å². The number of aromatic nitrogens is 3. The minimum atomic E-state index is 0.191. The van der Waals surface area contributed by atoms with Crippen molar-refractivity contribution in [3.8, 4) is 17.0 Å². The van der Waals surface area contributed by atoms with Gasteiger partial charge in [-0.3, -0.25) is 0 Å². The fourth-order valence-corrected chi connectivity index (χ4v) is 1.86. The lowest BCUT2D eigenvalue weighted by Gasteiger charge is -2.03. The maximum absolute atomic E-state index is 9.81. The van der Waals surface area contributed by atoms with Gasteiger partial charge in [-0.25, -0.2) is 9.50 Å². The number of imidazole rings is 1. The first-order valence-corrected chi connectivity index (χ1v) is 5.42. The van der Waals surface area contributed by atoms with Crippen LogP contribution in [-0.2, 0) is 0 Å². The molecule has 1 aromatic carbocycles. The summed E-state index contributed by atoms with van der Waals surface area (Å²) in [6, 6.07) is 10.5. The highest BCUT2D eigenvalue weighted by Gasteiger charge is 2.10. The Morgan fingerprint density at radius 3 is 2.76 bits per heavy atom. The van der Waals surface area contributed by atoms with Crippen LogP contribution in [0.2, 0.25) is 5.15 Å². The molecule has 0 aliphatic rings. The van der Waals surface area contributed by atoms with Crippen LogP contribution in [0.4, 0.5) is 0 Å². The number of fused-ring (bicyclic) bond motifs is 1. The molecule has 0 aliphatic carbocycles. The quantitative estimate of drug-likeness (QED) is 0.717. The van der Waals surface area contributed by atoms with Gasteiger partial charge in [0.25, 0.3) is 0 Å². The van der Waals surface area contributed by atoms with E-state index in [2.05, 4.69) is 10.1 Å². The molecule has 5 heteroatoms. The third-order valence-corrected chi connectivity index (χ3v) is 2.71. The average Bonchev–Trinajstić information content (AvgIpc) is 2.72.